The molecule has 3 aromatic rings. The van der Waals surface area contributed by atoms with Crippen molar-refractivity contribution in [2.24, 2.45) is 0 Å². The van der Waals surface area contributed by atoms with Crippen LogP contribution in [0.15, 0.2) is 41.9 Å². The summed E-state index contributed by atoms with van der Waals surface area (Å²) >= 11 is 1.68. The van der Waals surface area contributed by atoms with Crippen LogP contribution in [0.2, 0.25) is 0 Å². The molecule has 2 aromatic heterocycles. The van der Waals surface area contributed by atoms with E-state index in [1.807, 2.05) is 17.6 Å². The normalized spacial score (nSPS) is 11.0. The van der Waals surface area contributed by atoms with Crippen molar-refractivity contribution in [1.82, 2.24) is 9.97 Å². The number of aryl methyl sites for hydroxylation is 2. The minimum absolute atomic E-state index is 0.738. The van der Waals surface area contributed by atoms with Gasteiger partial charge in [0.25, 0.3) is 0 Å². The van der Waals surface area contributed by atoms with Gasteiger partial charge in [0.15, 0.2) is 0 Å². The Morgan fingerprint density at radius 3 is 2.77 bits per heavy atom. The van der Waals surface area contributed by atoms with Gasteiger partial charge in [-0.05, 0) is 37.3 Å². The summed E-state index contributed by atoms with van der Waals surface area (Å²) in [5.41, 5.74) is 2.50. The van der Waals surface area contributed by atoms with Gasteiger partial charge in [-0.3, -0.25) is 4.98 Å². The van der Waals surface area contributed by atoms with E-state index >= 15 is 0 Å². The van der Waals surface area contributed by atoms with Gasteiger partial charge < -0.3 is 4.74 Å². The van der Waals surface area contributed by atoms with Gasteiger partial charge in [-0.15, -0.1) is 11.3 Å². The molecule has 0 radical (unpaired) electrons. The molecule has 0 unspecified atom stereocenters. The Morgan fingerprint density at radius 2 is 1.91 bits per heavy atom. The third kappa shape index (κ3) is 3.63. The van der Waals surface area contributed by atoms with Gasteiger partial charge >= 0.3 is 0 Å². The molecule has 0 bridgehead atoms. The summed E-state index contributed by atoms with van der Waals surface area (Å²) in [4.78, 5) is 8.93. The number of hydrogen-bond donors (Lipinski definition) is 0. The van der Waals surface area contributed by atoms with Crippen LogP contribution in [0.5, 0.6) is 5.88 Å². The Bertz CT molecular complexity index is 733. The van der Waals surface area contributed by atoms with Crippen LogP contribution >= 0.6 is 11.3 Å². The van der Waals surface area contributed by atoms with E-state index in [0.29, 0.717) is 0 Å². The maximum atomic E-state index is 5.11. The van der Waals surface area contributed by atoms with Crippen molar-refractivity contribution in [3.63, 3.8) is 0 Å². The van der Waals surface area contributed by atoms with Crippen molar-refractivity contribution in [1.29, 1.82) is 0 Å². The lowest BCUT2D eigenvalue weighted by molar-refractivity contribution is 0.399. The van der Waals surface area contributed by atoms with E-state index in [1.165, 1.54) is 35.2 Å². The van der Waals surface area contributed by atoms with E-state index in [2.05, 4.69) is 34.2 Å². The van der Waals surface area contributed by atoms with Gasteiger partial charge in [0.2, 0.25) is 5.88 Å². The zero-order valence-corrected chi connectivity index (χ0v) is 13.6. The first kappa shape index (κ1) is 15.0. The molecule has 0 saturated carbocycles. The van der Waals surface area contributed by atoms with E-state index in [4.69, 9.17) is 4.74 Å². The lowest BCUT2D eigenvalue weighted by Gasteiger charge is -2.05. The number of aromatic nitrogens is 2. The fraction of sp³-hybridized carbons (Fsp3) is 0.333. The van der Waals surface area contributed by atoms with Gasteiger partial charge in [0.05, 0.1) is 23.0 Å². The first-order valence-electron chi connectivity index (χ1n) is 7.68. The van der Waals surface area contributed by atoms with Crippen molar-refractivity contribution in [2.75, 3.05) is 7.11 Å². The van der Waals surface area contributed by atoms with Gasteiger partial charge in [0, 0.05) is 11.6 Å². The standard InChI is InChI=1S/C18H20N2OS/c1-21-16-13-22-17(20-16)11-4-2-3-7-14-8-5-9-15-10-6-12-19-18(14)15/h5-6,8-10,12-13H,2-4,7,11H2,1H3. The summed E-state index contributed by atoms with van der Waals surface area (Å²) in [6.07, 6.45) is 7.59. The summed E-state index contributed by atoms with van der Waals surface area (Å²) in [6.45, 7) is 0. The van der Waals surface area contributed by atoms with Gasteiger partial charge in [-0.25, -0.2) is 4.98 Å². The number of nitrogens with zero attached hydrogens (tertiary/aromatic N) is 2. The van der Waals surface area contributed by atoms with Crippen molar-refractivity contribution >= 4 is 22.2 Å². The van der Waals surface area contributed by atoms with Crippen molar-refractivity contribution in [3.05, 3.63) is 52.5 Å². The van der Waals surface area contributed by atoms with Crippen LogP contribution in [0.4, 0.5) is 0 Å². The summed E-state index contributed by atoms with van der Waals surface area (Å²) in [5, 5.41) is 4.37. The van der Waals surface area contributed by atoms with Gasteiger partial charge in [-0.1, -0.05) is 30.7 Å². The molecule has 0 amide bonds. The van der Waals surface area contributed by atoms with Crippen molar-refractivity contribution < 1.29 is 4.74 Å². The smallest absolute Gasteiger partial charge is 0.224 e. The Labute approximate surface area is 135 Å². The Kier molecular flexibility index (Phi) is 5.01. The second kappa shape index (κ2) is 7.36. The molecule has 0 fully saturated rings. The molecule has 114 valence electrons. The minimum Gasteiger partial charge on any atom is -0.480 e. The lowest BCUT2D eigenvalue weighted by atomic mass is 10.0. The molecule has 22 heavy (non-hydrogen) atoms. The quantitative estimate of drug-likeness (QED) is 0.595. The molecule has 1 aromatic carbocycles. The Balaban J connectivity index is 1.48. The van der Waals surface area contributed by atoms with E-state index in [-0.39, 0.29) is 0 Å². The molecular formula is C18H20N2OS. The number of hydrogen-bond acceptors (Lipinski definition) is 4. The molecule has 4 heteroatoms. The minimum atomic E-state index is 0.738. The summed E-state index contributed by atoms with van der Waals surface area (Å²) in [5.74, 6) is 0.738. The highest BCUT2D eigenvalue weighted by Gasteiger charge is 2.03. The number of ether oxygens (including phenoxy) is 1. The molecule has 0 N–H and O–H groups in total. The molecule has 0 atom stereocenters. The fourth-order valence-corrected chi connectivity index (χ4v) is 3.43. The van der Waals surface area contributed by atoms with Gasteiger partial charge in [-0.2, -0.15) is 0 Å². The van der Waals surface area contributed by atoms with Crippen LogP contribution < -0.4 is 4.74 Å². The SMILES string of the molecule is COc1csc(CCCCCc2cccc3cccnc23)n1. The lowest BCUT2D eigenvalue weighted by Crippen LogP contribution is -1.91. The van der Waals surface area contributed by atoms with Crippen LogP contribution in [0.25, 0.3) is 10.9 Å². The largest absolute Gasteiger partial charge is 0.480 e. The monoisotopic (exact) mass is 312 g/mol. The second-order valence-corrected chi connectivity index (χ2v) is 6.28. The van der Waals surface area contributed by atoms with Crippen LogP contribution in [0, 0.1) is 0 Å². The predicted molar refractivity (Wildman–Crippen MR) is 91.7 cm³/mol. The molecule has 3 rings (SSSR count). The molecule has 3 nitrogen and oxygen atoms in total. The average Bonchev–Trinajstić information content (AvgIpc) is 3.03. The predicted octanol–water partition coefficient (Wildman–Crippen LogP) is 4.66. The highest BCUT2D eigenvalue weighted by molar-refractivity contribution is 7.09. The number of unbranched alkanes of at least 4 members (excludes halogenated alkanes) is 2. The zero-order chi connectivity index (χ0) is 15.2. The van der Waals surface area contributed by atoms with E-state index < -0.39 is 0 Å². The molecule has 0 spiro atoms. The highest BCUT2D eigenvalue weighted by Crippen LogP contribution is 2.20. The zero-order valence-electron chi connectivity index (χ0n) is 12.8. The van der Waals surface area contributed by atoms with Crippen LogP contribution in [-0.2, 0) is 12.8 Å². The number of benzene rings is 1. The molecule has 0 aliphatic carbocycles. The third-order valence-electron chi connectivity index (χ3n) is 3.79. The van der Waals surface area contributed by atoms with Gasteiger partial charge in [0.1, 0.15) is 0 Å². The number of methoxy groups -OCH3 is 1. The van der Waals surface area contributed by atoms with E-state index in [1.54, 1.807) is 18.4 Å². The van der Waals surface area contributed by atoms with E-state index in [9.17, 15) is 0 Å². The number of thiazole rings is 1. The highest BCUT2D eigenvalue weighted by atomic mass is 32.1. The topological polar surface area (TPSA) is 35.0 Å². The summed E-state index contributed by atoms with van der Waals surface area (Å²) in [7, 11) is 1.66. The average molecular weight is 312 g/mol. The summed E-state index contributed by atoms with van der Waals surface area (Å²) in [6, 6.07) is 10.6. The van der Waals surface area contributed by atoms with E-state index in [0.717, 1.165) is 24.2 Å². The molecular weight excluding hydrogens is 292 g/mol. The fourth-order valence-electron chi connectivity index (χ4n) is 2.64. The number of fused-ring (bicyclic) bond motifs is 1. The number of pyridine rings is 1. The Hall–Kier alpha value is -1.94. The van der Waals surface area contributed by atoms with Crippen molar-refractivity contribution in [2.45, 2.75) is 32.1 Å². The first-order valence-corrected chi connectivity index (χ1v) is 8.56. The number of rotatable bonds is 7. The molecule has 0 aliphatic heterocycles. The summed E-state index contributed by atoms with van der Waals surface area (Å²) < 4.78 is 5.11. The van der Waals surface area contributed by atoms with Crippen LogP contribution in [0.3, 0.4) is 0 Å². The first-order chi connectivity index (χ1) is 10.9. The Morgan fingerprint density at radius 1 is 1.05 bits per heavy atom. The maximum Gasteiger partial charge on any atom is 0.224 e. The maximum absolute atomic E-state index is 5.11. The van der Waals surface area contributed by atoms with Crippen LogP contribution in [-0.4, -0.2) is 17.1 Å². The molecule has 2 heterocycles. The third-order valence-corrected chi connectivity index (χ3v) is 4.68. The van der Waals surface area contributed by atoms with Crippen LogP contribution in [0.1, 0.15) is 29.8 Å². The number of para-hydroxylation sites is 1. The van der Waals surface area contributed by atoms with Crippen molar-refractivity contribution in [3.8, 4) is 5.88 Å². The second-order valence-electron chi connectivity index (χ2n) is 5.34. The molecule has 0 aliphatic rings. The molecule has 0 saturated heterocycles.